The van der Waals surface area contributed by atoms with Crippen LogP contribution in [-0.2, 0) is 32.6 Å². The number of phenols is 1. The van der Waals surface area contributed by atoms with Crippen LogP contribution in [0.4, 0.5) is 0 Å². The average Bonchev–Trinajstić information content (AvgIpc) is 3.49. The van der Waals surface area contributed by atoms with Crippen LogP contribution in [0.5, 0.6) is 5.75 Å². The maximum absolute atomic E-state index is 11.9. The van der Waals surface area contributed by atoms with E-state index in [2.05, 4.69) is 124 Å². The molecule has 1 N–H and O–H groups in total. The van der Waals surface area contributed by atoms with Gasteiger partial charge in [0, 0.05) is 102 Å². The van der Waals surface area contributed by atoms with E-state index in [-0.39, 0.29) is 0 Å². The van der Waals surface area contributed by atoms with Crippen molar-refractivity contribution < 1.29 is 5.11 Å². The van der Waals surface area contributed by atoms with Crippen LogP contribution in [-0.4, -0.2) is 77.1 Å². The zero-order valence-corrected chi connectivity index (χ0v) is 31.8. The zero-order valence-electron chi connectivity index (χ0n) is 29.3. The first-order valence-corrected chi connectivity index (χ1v) is 20.4. The second kappa shape index (κ2) is 16.4. The quantitative estimate of drug-likeness (QED) is 0.109. The summed E-state index contributed by atoms with van der Waals surface area (Å²) in [7, 11) is 3.48. The summed E-state index contributed by atoms with van der Waals surface area (Å²) in [6.07, 6.45) is 0.826. The van der Waals surface area contributed by atoms with Gasteiger partial charge in [0.15, 0.2) is 0 Å². The summed E-state index contributed by atoms with van der Waals surface area (Å²) in [5.41, 5.74) is 11.3. The van der Waals surface area contributed by atoms with E-state index in [0.29, 0.717) is 5.75 Å². The molecular formula is C42H48N4OS3. The minimum atomic E-state index is 0.460. The number of aromatic hydroxyl groups is 1. The Kier molecular flexibility index (Phi) is 11.6. The highest BCUT2D eigenvalue weighted by molar-refractivity contribution is 7.80. The minimum absolute atomic E-state index is 0.460. The molecule has 3 heterocycles. The molecule has 8 heteroatoms. The van der Waals surface area contributed by atoms with E-state index in [1.807, 2.05) is 0 Å². The first kappa shape index (κ1) is 35.2. The third kappa shape index (κ3) is 8.62. The Hall–Kier alpha value is -3.21. The molecule has 260 valence electrons. The third-order valence-corrected chi connectivity index (χ3v) is 13.7. The molecule has 0 aliphatic carbocycles. The molecule has 2 aliphatic rings. The summed E-state index contributed by atoms with van der Waals surface area (Å²) in [5.74, 6) is 0.460. The number of benzene rings is 4. The summed E-state index contributed by atoms with van der Waals surface area (Å²) in [4.78, 5) is 11.4. The maximum atomic E-state index is 11.9. The Bertz CT molecular complexity index is 1850. The Morgan fingerprint density at radius 3 is 1.44 bits per heavy atom. The lowest BCUT2D eigenvalue weighted by atomic mass is 9.98. The number of hydrogen-bond donors (Lipinski definition) is 1. The van der Waals surface area contributed by atoms with Gasteiger partial charge in [-0.15, -0.1) is 0 Å². The number of nitrogens with zero attached hydrogens (tertiary/aromatic N) is 4. The van der Waals surface area contributed by atoms with Crippen molar-refractivity contribution in [3.63, 3.8) is 0 Å². The monoisotopic (exact) mass is 720 g/mol. The number of phenolic OH excluding ortho intramolecular Hbond substituents is 1. The predicted molar refractivity (Wildman–Crippen MR) is 213 cm³/mol. The standard InChI is InChI=1S/C42H48N4OS3/c1-31-10-6-8-14-34(31)27-43-16-20-45(21-17-43)29-37-25-36(41-39(42(48)50-49-41)24-33-12-4-3-5-13-33)26-38(40(37)47)30-46-22-18-44(19-23-46)28-35-15-9-7-11-32(35)2/h3-15,25-26,47H,16-24,27-30H2,1-2H3. The molecule has 2 fully saturated rings. The van der Waals surface area contributed by atoms with Crippen molar-refractivity contribution in [3.8, 4) is 16.2 Å². The van der Waals surface area contributed by atoms with Crippen LogP contribution in [0.15, 0.2) is 91.0 Å². The molecule has 50 heavy (non-hydrogen) atoms. The summed E-state index contributed by atoms with van der Waals surface area (Å²) in [6, 6.07) is 32.6. The van der Waals surface area contributed by atoms with Crippen molar-refractivity contribution in [1.29, 1.82) is 0 Å². The number of hydrogen-bond acceptors (Lipinski definition) is 8. The lowest BCUT2D eigenvalue weighted by Gasteiger charge is -2.36. The van der Waals surface area contributed by atoms with Crippen molar-refractivity contribution in [2.45, 2.75) is 46.4 Å². The minimum Gasteiger partial charge on any atom is -0.507 e. The summed E-state index contributed by atoms with van der Waals surface area (Å²) in [5, 5.41) is 11.9. The fraction of sp³-hybridized carbons (Fsp3) is 0.357. The zero-order chi connectivity index (χ0) is 34.5. The smallest absolute Gasteiger partial charge is 0.124 e. The molecule has 5 aromatic rings. The van der Waals surface area contributed by atoms with Gasteiger partial charge in [0.25, 0.3) is 0 Å². The Morgan fingerprint density at radius 2 is 0.980 bits per heavy atom. The highest BCUT2D eigenvalue weighted by atomic mass is 32.9. The van der Waals surface area contributed by atoms with E-state index >= 15 is 0 Å². The molecule has 1 aromatic heterocycles. The first-order valence-electron chi connectivity index (χ1n) is 17.9. The average molecular weight is 721 g/mol. The molecule has 0 saturated carbocycles. The highest BCUT2D eigenvalue weighted by Gasteiger charge is 2.24. The Morgan fingerprint density at radius 1 is 0.560 bits per heavy atom. The molecule has 0 spiro atoms. The third-order valence-electron chi connectivity index (χ3n) is 10.5. The fourth-order valence-electron chi connectivity index (χ4n) is 7.33. The molecule has 4 aromatic carbocycles. The second-order valence-electron chi connectivity index (χ2n) is 14.0. The molecule has 5 nitrogen and oxygen atoms in total. The number of aryl methyl sites for hydroxylation is 2. The van der Waals surface area contributed by atoms with E-state index < -0.39 is 0 Å². The van der Waals surface area contributed by atoms with Gasteiger partial charge in [-0.2, -0.15) is 0 Å². The van der Waals surface area contributed by atoms with Crippen molar-refractivity contribution >= 4 is 32.9 Å². The normalized spacial score (nSPS) is 16.6. The van der Waals surface area contributed by atoms with Crippen LogP contribution in [0.3, 0.4) is 0 Å². The largest absolute Gasteiger partial charge is 0.507 e. The Labute approximate surface area is 310 Å². The van der Waals surface area contributed by atoms with E-state index in [0.717, 1.165) is 99.9 Å². The van der Waals surface area contributed by atoms with Gasteiger partial charge >= 0.3 is 0 Å². The molecule has 2 aliphatic heterocycles. The summed E-state index contributed by atoms with van der Waals surface area (Å²) in [6.45, 7) is 16.0. The molecule has 0 atom stereocenters. The topological polar surface area (TPSA) is 33.2 Å². The SMILES string of the molecule is Cc1ccccc1CN1CCN(Cc2cc(-c3ssc(=S)c3Cc3ccccc3)cc(CN3CCN(Cc4ccccc4C)CC3)c2O)CC1. The fourth-order valence-corrected chi connectivity index (χ4v) is 10.2. The van der Waals surface area contributed by atoms with Crippen LogP contribution < -0.4 is 0 Å². The van der Waals surface area contributed by atoms with Gasteiger partial charge in [0.05, 0.1) is 4.88 Å². The van der Waals surface area contributed by atoms with Crippen molar-refractivity contribution in [2.24, 2.45) is 0 Å². The van der Waals surface area contributed by atoms with E-state index in [1.165, 1.54) is 43.8 Å². The van der Waals surface area contributed by atoms with Gasteiger partial charge in [0.1, 0.15) is 9.57 Å². The van der Waals surface area contributed by atoms with Gasteiger partial charge in [-0.25, -0.2) is 0 Å². The molecule has 2 saturated heterocycles. The molecule has 7 rings (SSSR count). The van der Waals surface area contributed by atoms with E-state index in [1.54, 1.807) is 20.7 Å². The van der Waals surface area contributed by atoms with Crippen molar-refractivity contribution in [1.82, 2.24) is 19.6 Å². The van der Waals surface area contributed by atoms with Crippen LogP contribution >= 0.6 is 32.9 Å². The van der Waals surface area contributed by atoms with Crippen LogP contribution in [0.1, 0.15) is 44.5 Å². The molecule has 0 amide bonds. The van der Waals surface area contributed by atoms with Crippen LogP contribution in [0, 0.1) is 17.7 Å². The van der Waals surface area contributed by atoms with Gasteiger partial charge in [-0.3, -0.25) is 19.6 Å². The summed E-state index contributed by atoms with van der Waals surface area (Å²) < 4.78 is 0.972. The lowest BCUT2D eigenvalue weighted by Crippen LogP contribution is -2.45. The maximum Gasteiger partial charge on any atom is 0.124 e. The molecular weight excluding hydrogens is 673 g/mol. The van der Waals surface area contributed by atoms with Gasteiger partial charge < -0.3 is 5.11 Å². The highest BCUT2D eigenvalue weighted by Crippen LogP contribution is 2.40. The lowest BCUT2D eigenvalue weighted by molar-refractivity contribution is 0.119. The van der Waals surface area contributed by atoms with Gasteiger partial charge in [0.2, 0.25) is 0 Å². The van der Waals surface area contributed by atoms with Crippen LogP contribution in [0.25, 0.3) is 10.4 Å². The van der Waals surface area contributed by atoms with Crippen molar-refractivity contribution in [2.75, 3.05) is 52.4 Å². The molecule has 0 unspecified atom stereocenters. The van der Waals surface area contributed by atoms with E-state index in [9.17, 15) is 5.11 Å². The van der Waals surface area contributed by atoms with Gasteiger partial charge in [-0.1, -0.05) is 112 Å². The van der Waals surface area contributed by atoms with E-state index in [4.69, 9.17) is 12.2 Å². The number of piperazine rings is 2. The Balaban J connectivity index is 1.10. The second-order valence-corrected chi connectivity index (χ2v) is 16.8. The van der Waals surface area contributed by atoms with Crippen molar-refractivity contribution in [3.05, 3.63) is 139 Å². The molecule has 0 bridgehead atoms. The van der Waals surface area contributed by atoms with Gasteiger partial charge in [-0.05, 0) is 59.4 Å². The first-order chi connectivity index (χ1) is 24.4. The summed E-state index contributed by atoms with van der Waals surface area (Å²) >= 11 is 5.91. The molecule has 0 radical (unpaired) electrons. The predicted octanol–water partition coefficient (Wildman–Crippen LogP) is 8.75. The number of rotatable bonds is 11. The van der Waals surface area contributed by atoms with Crippen LogP contribution in [0.2, 0.25) is 0 Å².